The Bertz CT molecular complexity index is 865. The molecule has 138 valence electrons. The number of aromatic nitrogens is 2. The SMILES string of the molecule is CNCCCCCCOc1ccc(-c2n[nH]c3cc(Br)ccc23)c(F)c1. The van der Waals surface area contributed by atoms with Crippen LogP contribution in [0.25, 0.3) is 22.2 Å². The molecule has 0 aliphatic carbocycles. The molecule has 0 spiro atoms. The minimum absolute atomic E-state index is 0.326. The van der Waals surface area contributed by atoms with E-state index in [4.69, 9.17) is 4.74 Å². The van der Waals surface area contributed by atoms with E-state index in [-0.39, 0.29) is 5.82 Å². The standard InChI is InChI=1S/C20H23BrFN3O/c1-23-10-4-2-3-5-11-26-15-7-9-16(18(22)13-15)20-17-8-6-14(21)12-19(17)24-25-20/h6-9,12-13,23H,2-5,10-11H2,1H3,(H,24,25). The average molecular weight is 420 g/mol. The van der Waals surface area contributed by atoms with E-state index in [1.165, 1.54) is 18.9 Å². The maximum atomic E-state index is 14.6. The van der Waals surface area contributed by atoms with Gasteiger partial charge in [0.05, 0.1) is 12.1 Å². The highest BCUT2D eigenvalue weighted by Crippen LogP contribution is 2.31. The van der Waals surface area contributed by atoms with Crippen LogP contribution in [-0.2, 0) is 0 Å². The maximum Gasteiger partial charge on any atom is 0.136 e. The zero-order chi connectivity index (χ0) is 18.4. The second-order valence-electron chi connectivity index (χ2n) is 6.27. The van der Waals surface area contributed by atoms with Crippen molar-refractivity contribution in [2.24, 2.45) is 0 Å². The predicted molar refractivity (Wildman–Crippen MR) is 107 cm³/mol. The van der Waals surface area contributed by atoms with Gasteiger partial charge in [-0.15, -0.1) is 0 Å². The van der Waals surface area contributed by atoms with Crippen molar-refractivity contribution < 1.29 is 9.13 Å². The molecule has 0 aliphatic rings. The number of fused-ring (bicyclic) bond motifs is 1. The van der Waals surface area contributed by atoms with Crippen molar-refractivity contribution in [3.05, 3.63) is 46.7 Å². The van der Waals surface area contributed by atoms with Crippen molar-refractivity contribution in [3.63, 3.8) is 0 Å². The number of nitrogens with zero attached hydrogens (tertiary/aromatic N) is 1. The third kappa shape index (κ3) is 4.62. The van der Waals surface area contributed by atoms with Gasteiger partial charge in [0.25, 0.3) is 0 Å². The van der Waals surface area contributed by atoms with Gasteiger partial charge >= 0.3 is 0 Å². The van der Waals surface area contributed by atoms with E-state index in [1.807, 2.05) is 25.2 Å². The fourth-order valence-corrected chi connectivity index (χ4v) is 3.28. The molecule has 6 heteroatoms. The highest BCUT2D eigenvalue weighted by Gasteiger charge is 2.13. The van der Waals surface area contributed by atoms with Gasteiger partial charge < -0.3 is 10.1 Å². The zero-order valence-electron chi connectivity index (χ0n) is 14.8. The topological polar surface area (TPSA) is 49.9 Å². The summed E-state index contributed by atoms with van der Waals surface area (Å²) in [6.07, 6.45) is 4.46. The Morgan fingerprint density at radius 2 is 1.96 bits per heavy atom. The van der Waals surface area contributed by atoms with Gasteiger partial charge in [0.1, 0.15) is 17.3 Å². The van der Waals surface area contributed by atoms with Gasteiger partial charge in [0.2, 0.25) is 0 Å². The van der Waals surface area contributed by atoms with Crippen LogP contribution in [0.4, 0.5) is 4.39 Å². The molecule has 3 rings (SSSR count). The molecule has 2 N–H and O–H groups in total. The first-order valence-electron chi connectivity index (χ1n) is 8.90. The Kier molecular flexibility index (Phi) is 6.63. The summed E-state index contributed by atoms with van der Waals surface area (Å²) in [7, 11) is 1.96. The summed E-state index contributed by atoms with van der Waals surface area (Å²) in [6.45, 7) is 1.66. The monoisotopic (exact) mass is 419 g/mol. The van der Waals surface area contributed by atoms with Crippen LogP contribution < -0.4 is 10.1 Å². The van der Waals surface area contributed by atoms with Crippen molar-refractivity contribution in [1.82, 2.24) is 15.5 Å². The fraction of sp³-hybridized carbons (Fsp3) is 0.350. The lowest BCUT2D eigenvalue weighted by Crippen LogP contribution is -2.07. The zero-order valence-corrected chi connectivity index (χ0v) is 16.4. The number of unbranched alkanes of at least 4 members (excludes halogenated alkanes) is 3. The molecule has 0 radical (unpaired) electrons. The molecule has 1 aromatic heterocycles. The van der Waals surface area contributed by atoms with E-state index in [0.29, 0.717) is 23.6 Å². The number of hydrogen-bond acceptors (Lipinski definition) is 3. The van der Waals surface area contributed by atoms with Crippen LogP contribution in [0.2, 0.25) is 0 Å². The van der Waals surface area contributed by atoms with Gasteiger partial charge in [0.15, 0.2) is 0 Å². The van der Waals surface area contributed by atoms with Crippen LogP contribution in [0.3, 0.4) is 0 Å². The minimum Gasteiger partial charge on any atom is -0.493 e. The second-order valence-corrected chi connectivity index (χ2v) is 7.19. The summed E-state index contributed by atoms with van der Waals surface area (Å²) < 4.78 is 21.2. The van der Waals surface area contributed by atoms with Crippen LogP contribution in [0, 0.1) is 5.82 Å². The third-order valence-electron chi connectivity index (χ3n) is 4.31. The number of rotatable bonds is 9. The van der Waals surface area contributed by atoms with E-state index in [0.717, 1.165) is 34.8 Å². The van der Waals surface area contributed by atoms with Gasteiger partial charge in [-0.05, 0) is 56.8 Å². The Morgan fingerprint density at radius 1 is 1.12 bits per heavy atom. The average Bonchev–Trinajstić information content (AvgIpc) is 3.04. The van der Waals surface area contributed by atoms with E-state index in [2.05, 4.69) is 31.4 Å². The molecular formula is C20H23BrFN3O. The summed E-state index contributed by atoms with van der Waals surface area (Å²) in [5, 5.41) is 11.3. The molecule has 0 amide bonds. The first kappa shape index (κ1) is 18.9. The van der Waals surface area contributed by atoms with Crippen LogP contribution in [0.5, 0.6) is 5.75 Å². The molecule has 0 unspecified atom stereocenters. The number of benzene rings is 2. The summed E-state index contributed by atoms with van der Waals surface area (Å²) in [6, 6.07) is 10.8. The molecule has 0 bridgehead atoms. The lowest BCUT2D eigenvalue weighted by molar-refractivity contribution is 0.303. The van der Waals surface area contributed by atoms with E-state index >= 15 is 0 Å². The highest BCUT2D eigenvalue weighted by atomic mass is 79.9. The molecule has 26 heavy (non-hydrogen) atoms. The number of aromatic amines is 1. The van der Waals surface area contributed by atoms with Gasteiger partial charge in [-0.1, -0.05) is 28.8 Å². The van der Waals surface area contributed by atoms with E-state index in [9.17, 15) is 4.39 Å². The number of hydrogen-bond donors (Lipinski definition) is 2. The van der Waals surface area contributed by atoms with Crippen molar-refractivity contribution >= 4 is 26.8 Å². The largest absolute Gasteiger partial charge is 0.493 e. The lowest BCUT2D eigenvalue weighted by Gasteiger charge is -2.08. The summed E-state index contributed by atoms with van der Waals surface area (Å²) in [5.74, 6) is 0.233. The van der Waals surface area contributed by atoms with Crippen molar-refractivity contribution in [3.8, 4) is 17.0 Å². The third-order valence-corrected chi connectivity index (χ3v) is 4.80. The second kappa shape index (κ2) is 9.14. The smallest absolute Gasteiger partial charge is 0.136 e. The van der Waals surface area contributed by atoms with Crippen LogP contribution in [-0.4, -0.2) is 30.4 Å². The first-order chi connectivity index (χ1) is 12.7. The van der Waals surface area contributed by atoms with Gasteiger partial charge in [0, 0.05) is 21.5 Å². The summed E-state index contributed by atoms with van der Waals surface area (Å²) >= 11 is 3.43. The number of halogens is 2. The molecule has 3 aromatic rings. The molecule has 0 saturated carbocycles. The van der Waals surface area contributed by atoms with Gasteiger partial charge in [-0.25, -0.2) is 4.39 Å². The maximum absolute atomic E-state index is 14.6. The fourth-order valence-electron chi connectivity index (χ4n) is 2.92. The lowest BCUT2D eigenvalue weighted by atomic mass is 10.1. The van der Waals surface area contributed by atoms with Crippen molar-refractivity contribution in [1.29, 1.82) is 0 Å². The molecule has 0 saturated heterocycles. The van der Waals surface area contributed by atoms with E-state index < -0.39 is 0 Å². The molecule has 0 aliphatic heterocycles. The minimum atomic E-state index is -0.326. The number of ether oxygens (including phenoxy) is 1. The Hall–Kier alpha value is -1.92. The predicted octanol–water partition coefficient (Wildman–Crippen LogP) is 5.29. The van der Waals surface area contributed by atoms with Gasteiger partial charge in [-0.3, -0.25) is 5.10 Å². The molecule has 0 atom stereocenters. The Labute approximate surface area is 161 Å². The molecule has 4 nitrogen and oxygen atoms in total. The van der Waals surface area contributed by atoms with Crippen LogP contribution in [0.15, 0.2) is 40.9 Å². The molecule has 2 aromatic carbocycles. The van der Waals surface area contributed by atoms with Gasteiger partial charge in [-0.2, -0.15) is 5.10 Å². The van der Waals surface area contributed by atoms with Crippen LogP contribution >= 0.6 is 15.9 Å². The highest BCUT2D eigenvalue weighted by molar-refractivity contribution is 9.10. The molecular weight excluding hydrogens is 397 g/mol. The van der Waals surface area contributed by atoms with Crippen molar-refractivity contribution in [2.45, 2.75) is 25.7 Å². The number of H-pyrrole nitrogens is 1. The Balaban J connectivity index is 1.62. The summed E-state index contributed by atoms with van der Waals surface area (Å²) in [5.41, 5.74) is 1.95. The first-order valence-corrected chi connectivity index (χ1v) is 9.69. The molecule has 1 heterocycles. The quantitative estimate of drug-likeness (QED) is 0.463. The molecule has 0 fully saturated rings. The van der Waals surface area contributed by atoms with Crippen LogP contribution in [0.1, 0.15) is 25.7 Å². The normalized spacial score (nSPS) is 11.2. The van der Waals surface area contributed by atoms with Crippen molar-refractivity contribution in [2.75, 3.05) is 20.2 Å². The van der Waals surface area contributed by atoms with E-state index in [1.54, 1.807) is 12.1 Å². The number of nitrogens with one attached hydrogen (secondary N) is 2. The summed E-state index contributed by atoms with van der Waals surface area (Å²) in [4.78, 5) is 0. The Morgan fingerprint density at radius 3 is 2.77 bits per heavy atom.